The van der Waals surface area contributed by atoms with Crippen LogP contribution in [0.25, 0.3) is 5.76 Å². The molecule has 1 atom stereocenters. The Morgan fingerprint density at radius 2 is 1.78 bits per heavy atom. The molecule has 0 aromatic heterocycles. The molecule has 0 radical (unpaired) electrons. The smallest absolute Gasteiger partial charge is 0.269 e. The quantitative estimate of drug-likeness (QED) is 0.416. The zero-order valence-corrected chi connectivity index (χ0v) is 16.9. The molecule has 0 N–H and O–H groups in total. The summed E-state index contributed by atoms with van der Waals surface area (Å²) in [7, 11) is 0. The Hall–Kier alpha value is -4.25. The summed E-state index contributed by atoms with van der Waals surface area (Å²) >= 11 is 0. The van der Waals surface area contributed by atoms with Gasteiger partial charge in [0.15, 0.2) is 0 Å². The molecule has 2 aliphatic heterocycles. The molecule has 2 aromatic rings. The molecule has 1 saturated heterocycles. The third kappa shape index (κ3) is 2.98. The van der Waals surface area contributed by atoms with Crippen LogP contribution in [-0.2, 0) is 20.7 Å². The van der Waals surface area contributed by atoms with Gasteiger partial charge in [0.1, 0.15) is 17.4 Å². The number of allylic oxidation sites excluding steroid dienone is 2. The normalized spacial score (nSPS) is 20.0. The summed E-state index contributed by atoms with van der Waals surface area (Å²) in [4.78, 5) is 36.9. The van der Waals surface area contributed by atoms with Crippen molar-refractivity contribution in [1.82, 2.24) is 4.90 Å². The molecular formula is C24H17N3O5. The molecule has 3 aliphatic rings. The van der Waals surface area contributed by atoms with Gasteiger partial charge in [0.2, 0.25) is 17.7 Å². The van der Waals surface area contributed by atoms with Crippen LogP contribution < -0.4 is 0 Å². The standard InChI is InChI=1S/C24H17N3O5/c25-13-19-22(15-5-3-6-16(12-15)27(30)31)18-9-8-14-4-1-2-7-17(14)23(18)32-24(19)26-20(28)10-11-21(26)29/h1-7,12,22H,8-11H2. The van der Waals surface area contributed by atoms with E-state index >= 15 is 0 Å². The number of carbonyl (C=O) groups is 2. The van der Waals surface area contributed by atoms with Gasteiger partial charge in [-0.05, 0) is 29.5 Å². The largest absolute Gasteiger partial charge is 0.439 e. The predicted octanol–water partition coefficient (Wildman–Crippen LogP) is 3.95. The van der Waals surface area contributed by atoms with E-state index in [9.17, 15) is 25.0 Å². The minimum absolute atomic E-state index is 0.0500. The van der Waals surface area contributed by atoms with Crippen molar-refractivity contribution in [2.24, 2.45) is 0 Å². The number of nitriles is 1. The highest BCUT2D eigenvalue weighted by Crippen LogP contribution is 2.49. The van der Waals surface area contributed by atoms with Crippen LogP contribution in [0.2, 0.25) is 0 Å². The molecular weight excluding hydrogens is 410 g/mol. The molecule has 1 fully saturated rings. The minimum Gasteiger partial charge on any atom is -0.439 e. The van der Waals surface area contributed by atoms with Gasteiger partial charge in [-0.2, -0.15) is 5.26 Å². The van der Waals surface area contributed by atoms with E-state index in [1.807, 2.05) is 24.3 Å². The fourth-order valence-corrected chi connectivity index (χ4v) is 4.63. The van der Waals surface area contributed by atoms with Crippen LogP contribution in [0.1, 0.15) is 41.9 Å². The minimum atomic E-state index is -0.659. The van der Waals surface area contributed by atoms with Gasteiger partial charge in [-0.1, -0.05) is 36.4 Å². The van der Waals surface area contributed by atoms with Crippen molar-refractivity contribution < 1.29 is 19.2 Å². The average molecular weight is 427 g/mol. The molecule has 5 rings (SSSR count). The van der Waals surface area contributed by atoms with E-state index in [0.717, 1.165) is 28.0 Å². The molecule has 2 heterocycles. The van der Waals surface area contributed by atoms with E-state index in [-0.39, 0.29) is 30.0 Å². The van der Waals surface area contributed by atoms with Crippen molar-refractivity contribution in [3.8, 4) is 6.07 Å². The Kier molecular flexibility index (Phi) is 4.59. The molecule has 0 saturated carbocycles. The number of likely N-dealkylation sites (tertiary alicyclic amines) is 1. The fourth-order valence-electron chi connectivity index (χ4n) is 4.63. The molecule has 1 unspecified atom stereocenters. The Bertz CT molecular complexity index is 1280. The van der Waals surface area contributed by atoms with E-state index in [1.54, 1.807) is 12.1 Å². The number of nitro benzene ring substituents is 1. The maximum Gasteiger partial charge on any atom is 0.269 e. The van der Waals surface area contributed by atoms with Crippen LogP contribution in [0.3, 0.4) is 0 Å². The third-order valence-electron chi connectivity index (χ3n) is 6.07. The number of benzene rings is 2. The second-order valence-electron chi connectivity index (χ2n) is 7.85. The van der Waals surface area contributed by atoms with Gasteiger partial charge in [-0.15, -0.1) is 0 Å². The molecule has 0 bridgehead atoms. The van der Waals surface area contributed by atoms with Crippen LogP contribution in [0.4, 0.5) is 5.69 Å². The van der Waals surface area contributed by atoms with Crippen LogP contribution in [0.5, 0.6) is 0 Å². The number of carbonyl (C=O) groups excluding carboxylic acids is 2. The van der Waals surface area contributed by atoms with Crippen molar-refractivity contribution in [3.63, 3.8) is 0 Å². The number of fused-ring (bicyclic) bond motifs is 2. The SMILES string of the molecule is N#CC1=C(N2C(=O)CCC2=O)OC2=C(CCc3ccccc32)C1c1cccc([N+](=O)[O-])c1. The first kappa shape index (κ1) is 19.7. The summed E-state index contributed by atoms with van der Waals surface area (Å²) in [5, 5.41) is 21.5. The van der Waals surface area contributed by atoms with E-state index in [4.69, 9.17) is 4.74 Å². The lowest BCUT2D eigenvalue weighted by molar-refractivity contribution is -0.384. The van der Waals surface area contributed by atoms with Crippen LogP contribution in [0.15, 0.2) is 65.6 Å². The summed E-state index contributed by atoms with van der Waals surface area (Å²) in [5.74, 6) is -1.10. The number of imide groups is 1. The van der Waals surface area contributed by atoms with Gasteiger partial charge >= 0.3 is 0 Å². The first-order valence-electron chi connectivity index (χ1n) is 10.2. The highest BCUT2D eigenvalue weighted by atomic mass is 16.6. The zero-order valence-electron chi connectivity index (χ0n) is 16.9. The van der Waals surface area contributed by atoms with Gasteiger partial charge in [-0.3, -0.25) is 19.7 Å². The topological polar surface area (TPSA) is 114 Å². The van der Waals surface area contributed by atoms with Crippen molar-refractivity contribution in [1.29, 1.82) is 5.26 Å². The number of aryl methyl sites for hydroxylation is 1. The maximum atomic E-state index is 12.5. The first-order valence-corrected chi connectivity index (χ1v) is 10.2. The number of nitrogens with zero attached hydrogens (tertiary/aromatic N) is 3. The van der Waals surface area contributed by atoms with Crippen LogP contribution >= 0.6 is 0 Å². The van der Waals surface area contributed by atoms with Crippen LogP contribution in [-0.4, -0.2) is 21.6 Å². The lowest BCUT2D eigenvalue weighted by Gasteiger charge is -2.35. The number of amides is 2. The van der Waals surface area contributed by atoms with Gasteiger partial charge < -0.3 is 4.74 Å². The van der Waals surface area contributed by atoms with Crippen molar-refractivity contribution in [3.05, 3.63) is 92.4 Å². The van der Waals surface area contributed by atoms with Gasteiger partial charge in [0.05, 0.1) is 4.92 Å². The summed E-state index contributed by atoms with van der Waals surface area (Å²) in [6, 6.07) is 15.9. The number of hydrogen-bond donors (Lipinski definition) is 0. The average Bonchev–Trinajstić information content (AvgIpc) is 3.15. The Balaban J connectivity index is 1.76. The Morgan fingerprint density at radius 1 is 1.03 bits per heavy atom. The lowest BCUT2D eigenvalue weighted by atomic mass is 9.76. The van der Waals surface area contributed by atoms with Gasteiger partial charge in [0, 0.05) is 36.5 Å². The third-order valence-corrected chi connectivity index (χ3v) is 6.07. The van der Waals surface area contributed by atoms with E-state index in [0.29, 0.717) is 17.7 Å². The second-order valence-corrected chi connectivity index (χ2v) is 7.85. The lowest BCUT2D eigenvalue weighted by Crippen LogP contribution is -2.34. The van der Waals surface area contributed by atoms with E-state index in [2.05, 4.69) is 6.07 Å². The molecule has 2 amide bonds. The monoisotopic (exact) mass is 427 g/mol. The number of nitro groups is 1. The van der Waals surface area contributed by atoms with E-state index < -0.39 is 22.7 Å². The number of non-ortho nitro benzene ring substituents is 1. The number of rotatable bonds is 3. The van der Waals surface area contributed by atoms with Crippen molar-refractivity contribution in [2.75, 3.05) is 0 Å². The summed E-state index contributed by atoms with van der Waals surface area (Å²) in [5.41, 5.74) is 3.25. The molecule has 0 spiro atoms. The molecule has 32 heavy (non-hydrogen) atoms. The van der Waals surface area contributed by atoms with Crippen molar-refractivity contribution >= 4 is 23.3 Å². The summed E-state index contributed by atoms with van der Waals surface area (Å²) in [6.07, 6.45) is 1.40. The number of ether oxygens (including phenoxy) is 1. The Morgan fingerprint density at radius 3 is 2.50 bits per heavy atom. The highest BCUT2D eigenvalue weighted by Gasteiger charge is 2.43. The van der Waals surface area contributed by atoms with E-state index in [1.165, 1.54) is 12.1 Å². The summed E-state index contributed by atoms with van der Waals surface area (Å²) in [6.45, 7) is 0. The number of hydrogen-bond acceptors (Lipinski definition) is 6. The highest BCUT2D eigenvalue weighted by molar-refractivity contribution is 6.04. The zero-order chi connectivity index (χ0) is 22.4. The maximum absolute atomic E-state index is 12.5. The van der Waals surface area contributed by atoms with Gasteiger partial charge in [-0.25, -0.2) is 4.90 Å². The molecule has 2 aromatic carbocycles. The molecule has 8 heteroatoms. The molecule has 1 aliphatic carbocycles. The van der Waals surface area contributed by atoms with Gasteiger partial charge in [0.25, 0.3) is 5.69 Å². The fraction of sp³-hybridized carbons (Fsp3) is 0.208. The summed E-state index contributed by atoms with van der Waals surface area (Å²) < 4.78 is 6.16. The first-order chi connectivity index (χ1) is 15.5. The molecule has 158 valence electrons. The predicted molar refractivity (Wildman–Crippen MR) is 112 cm³/mol. The molecule has 8 nitrogen and oxygen atoms in total. The van der Waals surface area contributed by atoms with Crippen molar-refractivity contribution in [2.45, 2.75) is 31.6 Å². The van der Waals surface area contributed by atoms with Crippen LogP contribution in [0, 0.1) is 21.4 Å². The second kappa shape index (κ2) is 7.46. The Labute approximate surface area is 183 Å².